The molecule has 130 valence electrons. The number of aliphatic hydroxyl groups excluding tert-OH is 1. The maximum atomic E-state index is 13.0. The molecule has 0 radical (unpaired) electrons. The van der Waals surface area contributed by atoms with Crippen LogP contribution in [0, 0.1) is 22.7 Å². The van der Waals surface area contributed by atoms with E-state index in [1.165, 1.54) is 0 Å². The van der Waals surface area contributed by atoms with Crippen molar-refractivity contribution in [1.82, 2.24) is 0 Å². The second kappa shape index (κ2) is 5.48. The Labute approximate surface area is 143 Å². The molecule has 1 N–H and O–H groups in total. The van der Waals surface area contributed by atoms with E-state index in [0.29, 0.717) is 30.4 Å². The summed E-state index contributed by atoms with van der Waals surface area (Å²) in [6.07, 6.45) is 2.95. The third-order valence-electron chi connectivity index (χ3n) is 6.68. The van der Waals surface area contributed by atoms with Gasteiger partial charge in [0.05, 0.1) is 11.5 Å². The minimum atomic E-state index is -1.07. The van der Waals surface area contributed by atoms with Crippen LogP contribution in [0.15, 0.2) is 23.8 Å². The van der Waals surface area contributed by atoms with Gasteiger partial charge >= 0.3 is 0 Å². The maximum absolute atomic E-state index is 13.0. The molecule has 0 unspecified atom stereocenters. The van der Waals surface area contributed by atoms with Crippen LogP contribution in [0.4, 0.5) is 0 Å². The highest BCUT2D eigenvalue weighted by Crippen LogP contribution is 2.53. The van der Waals surface area contributed by atoms with Crippen molar-refractivity contribution in [3.63, 3.8) is 0 Å². The van der Waals surface area contributed by atoms with E-state index in [9.17, 15) is 19.5 Å². The summed E-state index contributed by atoms with van der Waals surface area (Å²) in [5.41, 5.74) is -0.449. The number of fused-ring (bicyclic) bond motifs is 2. The van der Waals surface area contributed by atoms with E-state index in [1.54, 1.807) is 13.0 Å². The van der Waals surface area contributed by atoms with Crippen LogP contribution < -0.4 is 0 Å². The highest BCUT2D eigenvalue weighted by Gasteiger charge is 2.56. The summed E-state index contributed by atoms with van der Waals surface area (Å²) in [5.74, 6) is -0.730. The minimum absolute atomic E-state index is 0.0175. The second-order valence-electron chi connectivity index (χ2n) is 8.46. The summed E-state index contributed by atoms with van der Waals surface area (Å²) >= 11 is 0. The van der Waals surface area contributed by atoms with E-state index in [2.05, 4.69) is 20.4 Å². The van der Waals surface area contributed by atoms with Gasteiger partial charge in [-0.05, 0) is 43.1 Å². The molecule has 4 nitrogen and oxygen atoms in total. The smallest absolute Gasteiger partial charge is 0.187 e. The molecule has 4 heteroatoms. The summed E-state index contributed by atoms with van der Waals surface area (Å²) in [6.45, 7) is 9.71. The molecule has 3 aliphatic rings. The maximum Gasteiger partial charge on any atom is 0.187 e. The van der Waals surface area contributed by atoms with Gasteiger partial charge < -0.3 is 5.11 Å². The zero-order valence-electron chi connectivity index (χ0n) is 14.7. The van der Waals surface area contributed by atoms with Gasteiger partial charge in [0.2, 0.25) is 0 Å². The quantitative estimate of drug-likeness (QED) is 0.547. The van der Waals surface area contributed by atoms with Crippen molar-refractivity contribution >= 4 is 17.3 Å². The van der Waals surface area contributed by atoms with Crippen LogP contribution in [0.5, 0.6) is 0 Å². The van der Waals surface area contributed by atoms with Crippen molar-refractivity contribution in [3.05, 3.63) is 23.8 Å². The fraction of sp³-hybridized carbons (Fsp3) is 0.650. The normalized spacial score (nSPS) is 39.5. The molecule has 0 saturated heterocycles. The Hall–Kier alpha value is -1.55. The highest BCUT2D eigenvalue weighted by atomic mass is 16.3. The van der Waals surface area contributed by atoms with Crippen molar-refractivity contribution in [2.75, 3.05) is 0 Å². The lowest BCUT2D eigenvalue weighted by Crippen LogP contribution is -2.53. The summed E-state index contributed by atoms with van der Waals surface area (Å²) in [7, 11) is 0. The van der Waals surface area contributed by atoms with E-state index in [4.69, 9.17) is 0 Å². The monoisotopic (exact) mass is 330 g/mol. The van der Waals surface area contributed by atoms with Crippen molar-refractivity contribution in [3.8, 4) is 0 Å². The number of hydrogen-bond acceptors (Lipinski definition) is 4. The molecule has 24 heavy (non-hydrogen) atoms. The Kier molecular flexibility index (Phi) is 3.95. The summed E-state index contributed by atoms with van der Waals surface area (Å²) < 4.78 is 0. The van der Waals surface area contributed by atoms with E-state index in [-0.39, 0.29) is 47.4 Å². The molecular formula is C20H26O4. The first kappa shape index (κ1) is 17.3. The molecule has 3 aliphatic carbocycles. The van der Waals surface area contributed by atoms with Crippen molar-refractivity contribution in [2.24, 2.45) is 22.7 Å². The third kappa shape index (κ3) is 2.34. The topological polar surface area (TPSA) is 71.4 Å². The Morgan fingerprint density at radius 3 is 2.42 bits per heavy atom. The average Bonchev–Trinajstić information content (AvgIpc) is 2.80. The first-order valence-corrected chi connectivity index (χ1v) is 8.79. The van der Waals surface area contributed by atoms with Crippen molar-refractivity contribution in [1.29, 1.82) is 0 Å². The van der Waals surface area contributed by atoms with E-state index < -0.39 is 11.5 Å². The molecule has 2 bridgehead atoms. The molecule has 0 amide bonds. The van der Waals surface area contributed by atoms with Gasteiger partial charge in [-0.2, -0.15) is 0 Å². The summed E-state index contributed by atoms with van der Waals surface area (Å²) in [5, 5.41) is 10.7. The lowest BCUT2D eigenvalue weighted by molar-refractivity contribution is -0.154. The Bertz CT molecular complexity index is 669. The van der Waals surface area contributed by atoms with E-state index in [0.717, 1.165) is 0 Å². The van der Waals surface area contributed by atoms with Crippen molar-refractivity contribution in [2.45, 2.75) is 59.0 Å². The summed E-state index contributed by atoms with van der Waals surface area (Å²) in [4.78, 5) is 38.1. The molecule has 1 fully saturated rings. The fourth-order valence-corrected chi connectivity index (χ4v) is 4.91. The SMILES string of the molecule is C=C1C(=O)C2=C[C@H]1CCC(=O)[C@]1(C)C(=O)CCC(C)(C)[C@H]1C[C@H]2O. The molecule has 0 aromatic rings. The zero-order valence-corrected chi connectivity index (χ0v) is 14.7. The standard InChI is InChI=1S/C20H26O4/c1-11-12-5-6-16(22)20(4)15(19(2,3)8-7-17(20)23)10-14(21)13(9-12)18(11)24/h9,12,14-15,21H,1,5-8,10H2,2-4H3/t12-,14-,15-,20-/m1/s1. The Morgan fingerprint density at radius 2 is 1.75 bits per heavy atom. The highest BCUT2D eigenvalue weighted by molar-refractivity contribution is 6.12. The third-order valence-corrected chi connectivity index (χ3v) is 6.68. The van der Waals surface area contributed by atoms with Gasteiger partial charge in [-0.3, -0.25) is 14.4 Å². The largest absolute Gasteiger partial charge is 0.388 e. The van der Waals surface area contributed by atoms with Crippen LogP contribution in [-0.2, 0) is 14.4 Å². The van der Waals surface area contributed by atoms with Crippen molar-refractivity contribution < 1.29 is 19.5 Å². The molecule has 0 spiro atoms. The minimum Gasteiger partial charge on any atom is -0.388 e. The van der Waals surface area contributed by atoms with Gasteiger partial charge in [-0.15, -0.1) is 0 Å². The number of ketones is 3. The van der Waals surface area contributed by atoms with Gasteiger partial charge in [0, 0.05) is 24.3 Å². The Balaban J connectivity index is 2.08. The number of carbonyl (C=O) groups excluding carboxylic acids is 3. The molecule has 0 aromatic heterocycles. The molecular weight excluding hydrogens is 304 g/mol. The Morgan fingerprint density at radius 1 is 1.12 bits per heavy atom. The van der Waals surface area contributed by atoms with Gasteiger partial charge in [-0.25, -0.2) is 0 Å². The zero-order chi connectivity index (χ0) is 17.9. The molecule has 1 saturated carbocycles. The van der Waals surface area contributed by atoms with Gasteiger partial charge in [0.25, 0.3) is 0 Å². The fourth-order valence-electron chi connectivity index (χ4n) is 4.91. The number of allylic oxidation sites excluding steroid dienone is 2. The van der Waals surface area contributed by atoms with Gasteiger partial charge in [-0.1, -0.05) is 26.5 Å². The van der Waals surface area contributed by atoms with Crippen LogP contribution in [0.2, 0.25) is 0 Å². The van der Waals surface area contributed by atoms with Gasteiger partial charge in [0.1, 0.15) is 11.6 Å². The van der Waals surface area contributed by atoms with Gasteiger partial charge in [0.15, 0.2) is 5.78 Å². The number of aliphatic hydroxyl groups is 1. The number of rotatable bonds is 0. The van der Waals surface area contributed by atoms with Crippen LogP contribution in [0.1, 0.15) is 52.9 Å². The number of carbonyl (C=O) groups is 3. The van der Waals surface area contributed by atoms with Crippen LogP contribution >= 0.6 is 0 Å². The van der Waals surface area contributed by atoms with Crippen LogP contribution in [0.25, 0.3) is 0 Å². The molecule has 0 aromatic carbocycles. The van der Waals surface area contributed by atoms with Crippen LogP contribution in [0.3, 0.4) is 0 Å². The lowest BCUT2D eigenvalue weighted by atomic mass is 9.52. The van der Waals surface area contributed by atoms with E-state index in [1.807, 2.05) is 0 Å². The average molecular weight is 330 g/mol. The first-order valence-electron chi connectivity index (χ1n) is 8.79. The predicted molar refractivity (Wildman–Crippen MR) is 90.2 cm³/mol. The lowest BCUT2D eigenvalue weighted by Gasteiger charge is -2.49. The number of hydrogen-bond donors (Lipinski definition) is 1. The molecule has 0 heterocycles. The molecule has 4 atom stereocenters. The van der Waals surface area contributed by atoms with Crippen LogP contribution in [-0.4, -0.2) is 28.6 Å². The number of Topliss-reactive ketones (excluding diaryl/α,β-unsaturated/α-hetero) is 3. The molecule has 0 aliphatic heterocycles. The predicted octanol–water partition coefficient (Wildman–Crippen LogP) is 2.79. The molecule has 3 rings (SSSR count). The second-order valence-corrected chi connectivity index (χ2v) is 8.46. The summed E-state index contributed by atoms with van der Waals surface area (Å²) in [6, 6.07) is 0. The van der Waals surface area contributed by atoms with E-state index >= 15 is 0 Å². The first-order chi connectivity index (χ1) is 11.1.